The quantitative estimate of drug-likeness (QED) is 0.667. The molecule has 2 heterocycles. The summed E-state index contributed by atoms with van der Waals surface area (Å²) in [6.45, 7) is 9.16. The molecule has 1 unspecified atom stereocenters. The van der Waals surface area contributed by atoms with E-state index in [0.29, 0.717) is 26.3 Å². The number of nitrogens with one attached hydrogen (secondary N) is 2. The van der Waals surface area contributed by atoms with Crippen molar-refractivity contribution in [1.29, 1.82) is 0 Å². The molecule has 27 heavy (non-hydrogen) atoms. The standard InChI is InChI=1S/C20H29N3O4/c1-4-7-16-19(24)23(20(25)21-16)13-22-9-8-14-10-17(26-5-2)18(27-6-3)11-15(14)12-22/h10-11,16H,4-9,12-13H2,1-3H3,(H,21,25)/p+1/t16-/m1/s1. The fourth-order valence-corrected chi connectivity index (χ4v) is 3.82. The number of benzene rings is 1. The topological polar surface area (TPSA) is 72.3 Å². The van der Waals surface area contributed by atoms with Crippen LogP contribution in [-0.2, 0) is 17.8 Å². The van der Waals surface area contributed by atoms with Crippen molar-refractivity contribution in [3.05, 3.63) is 23.3 Å². The molecule has 0 bridgehead atoms. The number of hydrogen-bond acceptors (Lipinski definition) is 4. The number of ether oxygens (including phenoxy) is 2. The lowest BCUT2D eigenvalue weighted by molar-refractivity contribution is -0.923. The molecule has 148 valence electrons. The number of urea groups is 1. The summed E-state index contributed by atoms with van der Waals surface area (Å²) >= 11 is 0. The van der Waals surface area contributed by atoms with Crippen LogP contribution >= 0.6 is 0 Å². The van der Waals surface area contributed by atoms with E-state index >= 15 is 0 Å². The van der Waals surface area contributed by atoms with Gasteiger partial charge in [-0.3, -0.25) is 4.79 Å². The van der Waals surface area contributed by atoms with Gasteiger partial charge in [-0.05, 0) is 38.0 Å². The Hall–Kier alpha value is -2.28. The Balaban J connectivity index is 1.71. The number of imide groups is 1. The van der Waals surface area contributed by atoms with Gasteiger partial charge >= 0.3 is 6.03 Å². The highest BCUT2D eigenvalue weighted by Crippen LogP contribution is 2.32. The van der Waals surface area contributed by atoms with Crippen LogP contribution in [-0.4, -0.2) is 49.3 Å². The van der Waals surface area contributed by atoms with Gasteiger partial charge < -0.3 is 19.7 Å². The van der Waals surface area contributed by atoms with Gasteiger partial charge in [-0.2, -0.15) is 0 Å². The molecule has 1 aromatic carbocycles. The fraction of sp³-hybridized carbons (Fsp3) is 0.600. The van der Waals surface area contributed by atoms with Gasteiger partial charge in [0, 0.05) is 12.0 Å². The summed E-state index contributed by atoms with van der Waals surface area (Å²) in [4.78, 5) is 27.2. The van der Waals surface area contributed by atoms with Crippen LogP contribution in [0.15, 0.2) is 12.1 Å². The van der Waals surface area contributed by atoms with Crippen LogP contribution in [0.3, 0.4) is 0 Å². The smallest absolute Gasteiger partial charge is 0.329 e. The third-order valence-electron chi connectivity index (χ3n) is 5.12. The molecule has 1 fully saturated rings. The number of carbonyl (C=O) groups excluding carboxylic acids is 2. The largest absolute Gasteiger partial charge is 0.490 e. The van der Waals surface area contributed by atoms with Gasteiger partial charge in [0.25, 0.3) is 5.91 Å². The molecule has 3 amide bonds. The van der Waals surface area contributed by atoms with Gasteiger partial charge in [0.15, 0.2) is 18.2 Å². The van der Waals surface area contributed by atoms with Crippen molar-refractivity contribution in [3.8, 4) is 11.5 Å². The lowest BCUT2D eigenvalue weighted by atomic mass is 9.99. The van der Waals surface area contributed by atoms with Crippen LogP contribution in [0.25, 0.3) is 0 Å². The van der Waals surface area contributed by atoms with E-state index in [2.05, 4.69) is 17.4 Å². The molecule has 1 saturated heterocycles. The first-order valence-corrected chi connectivity index (χ1v) is 9.94. The maximum absolute atomic E-state index is 12.5. The second-order valence-electron chi connectivity index (χ2n) is 7.08. The molecule has 2 atom stereocenters. The number of amides is 3. The molecule has 0 aromatic heterocycles. The van der Waals surface area contributed by atoms with Gasteiger partial charge in [-0.1, -0.05) is 13.3 Å². The van der Waals surface area contributed by atoms with Crippen molar-refractivity contribution in [2.45, 2.75) is 52.6 Å². The van der Waals surface area contributed by atoms with Crippen LogP contribution in [0.1, 0.15) is 44.7 Å². The van der Waals surface area contributed by atoms with Crippen molar-refractivity contribution in [3.63, 3.8) is 0 Å². The molecule has 0 radical (unpaired) electrons. The zero-order valence-electron chi connectivity index (χ0n) is 16.5. The summed E-state index contributed by atoms with van der Waals surface area (Å²) < 4.78 is 11.5. The highest BCUT2D eigenvalue weighted by atomic mass is 16.5. The molecule has 7 nitrogen and oxygen atoms in total. The van der Waals surface area contributed by atoms with E-state index in [4.69, 9.17) is 9.47 Å². The maximum atomic E-state index is 12.5. The van der Waals surface area contributed by atoms with Crippen LogP contribution in [0.4, 0.5) is 4.79 Å². The van der Waals surface area contributed by atoms with Crippen molar-refractivity contribution in [1.82, 2.24) is 10.2 Å². The highest BCUT2D eigenvalue weighted by molar-refractivity contribution is 6.03. The summed E-state index contributed by atoms with van der Waals surface area (Å²) in [6, 6.07) is 3.50. The van der Waals surface area contributed by atoms with E-state index in [9.17, 15) is 9.59 Å². The van der Waals surface area contributed by atoms with Gasteiger partial charge in [0.05, 0.1) is 19.8 Å². The van der Waals surface area contributed by atoms with Gasteiger partial charge in [-0.25, -0.2) is 9.69 Å². The Bertz CT molecular complexity index is 707. The SMILES string of the molecule is CCC[C@H]1NC(=O)N(C[NH+]2CCc3cc(OCC)c(OCC)cc3C2)C1=O. The molecular weight excluding hydrogens is 346 g/mol. The van der Waals surface area contributed by atoms with Crippen LogP contribution in [0.5, 0.6) is 11.5 Å². The Morgan fingerprint density at radius 3 is 2.41 bits per heavy atom. The van der Waals surface area contributed by atoms with Gasteiger partial charge in [0.1, 0.15) is 12.6 Å². The summed E-state index contributed by atoms with van der Waals surface area (Å²) in [5, 5.41) is 2.80. The molecule has 7 heteroatoms. The molecular formula is C20H30N3O4+. The second kappa shape index (κ2) is 8.61. The fourth-order valence-electron chi connectivity index (χ4n) is 3.82. The van der Waals surface area contributed by atoms with Crippen LogP contribution < -0.4 is 19.7 Å². The van der Waals surface area contributed by atoms with Crippen molar-refractivity contribution in [2.24, 2.45) is 0 Å². The third kappa shape index (κ3) is 4.18. The number of nitrogens with zero attached hydrogens (tertiary/aromatic N) is 1. The predicted octanol–water partition coefficient (Wildman–Crippen LogP) is 1.10. The first-order chi connectivity index (χ1) is 13.1. The summed E-state index contributed by atoms with van der Waals surface area (Å²) in [7, 11) is 0. The molecule has 0 aliphatic carbocycles. The Morgan fingerprint density at radius 1 is 1.11 bits per heavy atom. The van der Waals surface area contributed by atoms with E-state index < -0.39 is 0 Å². The normalized spacial score (nSPS) is 21.8. The average Bonchev–Trinajstić information content (AvgIpc) is 2.90. The lowest BCUT2D eigenvalue weighted by Crippen LogP contribution is -3.13. The molecule has 2 N–H and O–H groups in total. The Kier molecular flexibility index (Phi) is 6.21. The van der Waals surface area contributed by atoms with E-state index in [0.717, 1.165) is 37.4 Å². The average molecular weight is 376 g/mol. The molecule has 2 aliphatic heterocycles. The van der Waals surface area contributed by atoms with E-state index in [1.54, 1.807) is 0 Å². The first kappa shape index (κ1) is 19.5. The molecule has 3 rings (SSSR count). The minimum atomic E-state index is -0.364. The van der Waals surface area contributed by atoms with Crippen molar-refractivity contribution in [2.75, 3.05) is 26.4 Å². The van der Waals surface area contributed by atoms with Gasteiger partial charge in [0.2, 0.25) is 0 Å². The number of carbonyl (C=O) groups is 2. The summed E-state index contributed by atoms with van der Waals surface area (Å²) in [5.41, 5.74) is 2.45. The third-order valence-corrected chi connectivity index (χ3v) is 5.12. The minimum absolute atomic E-state index is 0.0955. The Morgan fingerprint density at radius 2 is 1.78 bits per heavy atom. The zero-order chi connectivity index (χ0) is 19.4. The van der Waals surface area contributed by atoms with E-state index in [-0.39, 0.29) is 18.0 Å². The van der Waals surface area contributed by atoms with Crippen molar-refractivity contribution < 1.29 is 24.0 Å². The monoisotopic (exact) mass is 376 g/mol. The minimum Gasteiger partial charge on any atom is -0.490 e. The Labute approximate surface area is 160 Å². The first-order valence-electron chi connectivity index (χ1n) is 9.94. The molecule has 0 saturated carbocycles. The van der Waals surface area contributed by atoms with Crippen molar-refractivity contribution >= 4 is 11.9 Å². The van der Waals surface area contributed by atoms with Crippen LogP contribution in [0.2, 0.25) is 0 Å². The summed E-state index contributed by atoms with van der Waals surface area (Å²) in [6.07, 6.45) is 2.45. The highest BCUT2D eigenvalue weighted by Gasteiger charge is 2.39. The van der Waals surface area contributed by atoms with E-state index in [1.807, 2.05) is 20.8 Å². The van der Waals surface area contributed by atoms with Gasteiger partial charge in [-0.15, -0.1) is 0 Å². The van der Waals surface area contributed by atoms with E-state index in [1.165, 1.54) is 20.9 Å². The number of fused-ring (bicyclic) bond motifs is 1. The predicted molar refractivity (Wildman–Crippen MR) is 101 cm³/mol. The molecule has 1 aromatic rings. The molecule has 2 aliphatic rings. The molecule has 0 spiro atoms. The maximum Gasteiger partial charge on any atom is 0.329 e. The number of quaternary nitrogens is 1. The zero-order valence-corrected chi connectivity index (χ0v) is 16.5. The van der Waals surface area contributed by atoms with Crippen LogP contribution in [0, 0.1) is 0 Å². The number of hydrogen-bond donors (Lipinski definition) is 2. The number of rotatable bonds is 8. The summed E-state index contributed by atoms with van der Waals surface area (Å²) in [5.74, 6) is 1.46. The lowest BCUT2D eigenvalue weighted by Gasteiger charge is -2.29. The second-order valence-corrected chi connectivity index (χ2v) is 7.08.